The fourth-order valence-corrected chi connectivity index (χ4v) is 3.63. The monoisotopic (exact) mass is 399 g/mol. The molecule has 0 aliphatic rings. The molecule has 30 heavy (non-hydrogen) atoms. The molecule has 1 heterocycles. The number of hydrogen-bond acceptors (Lipinski definition) is 3. The first-order valence-corrected chi connectivity index (χ1v) is 10.1. The summed E-state index contributed by atoms with van der Waals surface area (Å²) < 4.78 is 7.38. The van der Waals surface area contributed by atoms with Gasteiger partial charge in [-0.25, -0.2) is 4.98 Å². The molecule has 3 aromatic carbocycles. The van der Waals surface area contributed by atoms with Crippen LogP contribution in [0.5, 0.6) is 5.75 Å². The van der Waals surface area contributed by atoms with Crippen LogP contribution in [0, 0.1) is 0 Å². The van der Waals surface area contributed by atoms with Gasteiger partial charge in [0.25, 0.3) is 5.91 Å². The third-order valence-corrected chi connectivity index (χ3v) is 5.24. The average molecular weight is 399 g/mol. The molecule has 4 aromatic rings. The van der Waals surface area contributed by atoms with Gasteiger partial charge in [0.05, 0.1) is 24.2 Å². The molecule has 5 nitrogen and oxygen atoms in total. The number of aromatic nitrogens is 2. The second-order valence-electron chi connectivity index (χ2n) is 7.27. The van der Waals surface area contributed by atoms with E-state index in [2.05, 4.69) is 40.2 Å². The summed E-state index contributed by atoms with van der Waals surface area (Å²) in [6, 6.07) is 25.4. The van der Waals surface area contributed by atoms with Crippen molar-refractivity contribution in [2.75, 3.05) is 7.11 Å². The predicted molar refractivity (Wildman–Crippen MR) is 119 cm³/mol. The van der Waals surface area contributed by atoms with Crippen LogP contribution in [0.25, 0.3) is 11.0 Å². The number of nitrogens with one attached hydrogen (secondary N) is 1. The van der Waals surface area contributed by atoms with Crippen molar-refractivity contribution in [3.8, 4) is 5.75 Å². The molecule has 4 rings (SSSR count). The molecule has 0 aliphatic carbocycles. The van der Waals surface area contributed by atoms with Crippen molar-refractivity contribution in [2.45, 2.75) is 25.9 Å². The van der Waals surface area contributed by atoms with E-state index >= 15 is 0 Å². The van der Waals surface area contributed by atoms with Crippen molar-refractivity contribution in [3.63, 3.8) is 0 Å². The Morgan fingerprint density at radius 1 is 1.00 bits per heavy atom. The van der Waals surface area contributed by atoms with Gasteiger partial charge in [-0.1, -0.05) is 42.5 Å². The summed E-state index contributed by atoms with van der Waals surface area (Å²) in [5.74, 6) is 1.45. The van der Waals surface area contributed by atoms with E-state index in [1.54, 1.807) is 31.4 Å². The van der Waals surface area contributed by atoms with Crippen LogP contribution < -0.4 is 10.1 Å². The maximum absolute atomic E-state index is 12.7. The average Bonchev–Trinajstić information content (AvgIpc) is 3.17. The quantitative estimate of drug-likeness (QED) is 0.487. The highest BCUT2D eigenvalue weighted by atomic mass is 16.5. The van der Waals surface area contributed by atoms with E-state index in [-0.39, 0.29) is 11.9 Å². The first-order chi connectivity index (χ1) is 14.7. The molecule has 152 valence electrons. The summed E-state index contributed by atoms with van der Waals surface area (Å²) in [5.41, 5.74) is 3.88. The predicted octanol–water partition coefficient (Wildman–Crippen LogP) is 4.78. The summed E-state index contributed by atoms with van der Waals surface area (Å²) in [5, 5.41) is 3.09. The zero-order valence-electron chi connectivity index (χ0n) is 17.2. The van der Waals surface area contributed by atoms with E-state index in [1.807, 2.05) is 31.2 Å². The van der Waals surface area contributed by atoms with Crippen molar-refractivity contribution in [1.29, 1.82) is 0 Å². The van der Waals surface area contributed by atoms with Crippen LogP contribution in [0.4, 0.5) is 0 Å². The molecule has 1 amide bonds. The zero-order chi connectivity index (χ0) is 20.9. The van der Waals surface area contributed by atoms with E-state index in [0.717, 1.165) is 35.6 Å². The Balaban J connectivity index is 1.57. The van der Waals surface area contributed by atoms with Crippen LogP contribution in [-0.2, 0) is 13.0 Å². The Bertz CT molecular complexity index is 1130. The number of hydrogen-bond donors (Lipinski definition) is 1. The molecule has 0 saturated heterocycles. The maximum Gasteiger partial charge on any atom is 0.251 e. The summed E-state index contributed by atoms with van der Waals surface area (Å²) in [6.07, 6.45) is 0.896. The molecule has 0 aliphatic heterocycles. The Morgan fingerprint density at radius 3 is 2.43 bits per heavy atom. The highest BCUT2D eigenvalue weighted by Crippen LogP contribution is 2.22. The van der Waals surface area contributed by atoms with Gasteiger partial charge in [0.1, 0.15) is 11.6 Å². The maximum atomic E-state index is 12.7. The number of ether oxygens (including phenoxy) is 1. The Morgan fingerprint density at radius 2 is 1.70 bits per heavy atom. The lowest BCUT2D eigenvalue weighted by molar-refractivity contribution is 0.0937. The van der Waals surface area contributed by atoms with E-state index in [1.165, 1.54) is 5.56 Å². The van der Waals surface area contributed by atoms with E-state index in [4.69, 9.17) is 9.72 Å². The normalized spacial score (nSPS) is 11.9. The van der Waals surface area contributed by atoms with Crippen molar-refractivity contribution in [1.82, 2.24) is 14.9 Å². The molecule has 0 bridgehead atoms. The van der Waals surface area contributed by atoms with Crippen molar-refractivity contribution >= 4 is 16.9 Å². The molecule has 5 heteroatoms. The number of carbonyl (C=O) groups is 1. The standard InChI is InChI=1S/C25H25N3O2/c1-18(26-25(29)20-12-14-21(30-2)15-13-20)24-27-22-10-6-7-11-23(22)28(24)17-16-19-8-4-3-5-9-19/h3-15,18H,16-17H2,1-2H3,(H,26,29). The van der Waals surface area contributed by atoms with Gasteiger partial charge in [-0.3, -0.25) is 4.79 Å². The number of rotatable bonds is 7. The number of para-hydroxylation sites is 2. The number of imidazole rings is 1. The summed E-state index contributed by atoms with van der Waals surface area (Å²) in [7, 11) is 1.61. The number of methoxy groups -OCH3 is 1. The number of carbonyl (C=O) groups excluding carboxylic acids is 1. The number of aryl methyl sites for hydroxylation is 2. The molecule has 0 spiro atoms. The van der Waals surface area contributed by atoms with Crippen LogP contribution in [0.2, 0.25) is 0 Å². The number of benzene rings is 3. The highest BCUT2D eigenvalue weighted by Gasteiger charge is 2.19. The molecule has 0 saturated carbocycles. The Hall–Kier alpha value is -3.60. The lowest BCUT2D eigenvalue weighted by Crippen LogP contribution is -2.28. The van der Waals surface area contributed by atoms with Gasteiger partial charge in [-0.15, -0.1) is 0 Å². The van der Waals surface area contributed by atoms with Gasteiger partial charge in [0.15, 0.2) is 0 Å². The van der Waals surface area contributed by atoms with Gasteiger partial charge in [0.2, 0.25) is 0 Å². The highest BCUT2D eigenvalue weighted by molar-refractivity contribution is 5.94. The minimum atomic E-state index is -0.234. The van der Waals surface area contributed by atoms with Crippen LogP contribution in [0.15, 0.2) is 78.9 Å². The minimum absolute atomic E-state index is 0.133. The molecule has 0 fully saturated rings. The zero-order valence-corrected chi connectivity index (χ0v) is 17.2. The van der Waals surface area contributed by atoms with Crippen LogP contribution in [0.3, 0.4) is 0 Å². The minimum Gasteiger partial charge on any atom is -0.497 e. The molecule has 1 N–H and O–H groups in total. The number of fused-ring (bicyclic) bond motifs is 1. The topological polar surface area (TPSA) is 56.1 Å². The lowest BCUT2D eigenvalue weighted by atomic mass is 10.1. The second-order valence-corrected chi connectivity index (χ2v) is 7.27. The molecular formula is C25H25N3O2. The lowest BCUT2D eigenvalue weighted by Gasteiger charge is -2.17. The van der Waals surface area contributed by atoms with Crippen LogP contribution >= 0.6 is 0 Å². The Kier molecular flexibility index (Phi) is 5.80. The molecule has 1 aromatic heterocycles. The number of nitrogens with zero attached hydrogens (tertiary/aromatic N) is 2. The van der Waals surface area contributed by atoms with Gasteiger partial charge in [-0.05, 0) is 55.3 Å². The van der Waals surface area contributed by atoms with E-state index in [0.29, 0.717) is 5.56 Å². The van der Waals surface area contributed by atoms with Crippen molar-refractivity contribution < 1.29 is 9.53 Å². The molecule has 1 atom stereocenters. The van der Waals surface area contributed by atoms with Gasteiger partial charge in [0, 0.05) is 12.1 Å². The van der Waals surface area contributed by atoms with E-state index in [9.17, 15) is 4.79 Å². The SMILES string of the molecule is COc1ccc(C(=O)NC(C)c2nc3ccccc3n2CCc2ccccc2)cc1. The molecular weight excluding hydrogens is 374 g/mol. The smallest absolute Gasteiger partial charge is 0.251 e. The first-order valence-electron chi connectivity index (χ1n) is 10.1. The largest absolute Gasteiger partial charge is 0.497 e. The van der Waals surface area contributed by atoms with E-state index < -0.39 is 0 Å². The fourth-order valence-electron chi connectivity index (χ4n) is 3.63. The van der Waals surface area contributed by atoms with Crippen molar-refractivity contribution in [3.05, 3.63) is 95.8 Å². The molecule has 1 unspecified atom stereocenters. The fraction of sp³-hybridized carbons (Fsp3) is 0.200. The van der Waals surface area contributed by atoms with Crippen LogP contribution in [-0.4, -0.2) is 22.6 Å². The van der Waals surface area contributed by atoms with Crippen molar-refractivity contribution in [2.24, 2.45) is 0 Å². The second kappa shape index (κ2) is 8.82. The third-order valence-electron chi connectivity index (χ3n) is 5.24. The first kappa shape index (κ1) is 19.7. The summed E-state index contributed by atoms with van der Waals surface area (Å²) in [6.45, 7) is 2.77. The van der Waals surface area contributed by atoms with Gasteiger partial charge >= 0.3 is 0 Å². The van der Waals surface area contributed by atoms with Crippen LogP contribution in [0.1, 0.15) is 34.7 Å². The third kappa shape index (κ3) is 4.20. The van der Waals surface area contributed by atoms with Gasteiger partial charge < -0.3 is 14.6 Å². The summed E-state index contributed by atoms with van der Waals surface area (Å²) >= 11 is 0. The van der Waals surface area contributed by atoms with Gasteiger partial charge in [-0.2, -0.15) is 0 Å². The molecule has 0 radical (unpaired) electrons. The number of amides is 1. The summed E-state index contributed by atoms with van der Waals surface area (Å²) in [4.78, 5) is 17.6. The Labute approximate surface area is 176 Å².